The molecule has 1 saturated heterocycles. The van der Waals surface area contributed by atoms with E-state index < -0.39 is 12.0 Å². The molecule has 1 aliphatic rings. The second-order valence-electron chi connectivity index (χ2n) is 6.03. The van der Waals surface area contributed by atoms with Crippen molar-refractivity contribution < 1.29 is 17.9 Å². The lowest BCUT2D eigenvalue weighted by atomic mass is 10.3. The van der Waals surface area contributed by atoms with Crippen molar-refractivity contribution in [1.29, 1.82) is 0 Å². The van der Waals surface area contributed by atoms with Gasteiger partial charge in [0.15, 0.2) is 5.65 Å². The Kier molecular flexibility index (Phi) is 4.51. The number of alkyl halides is 3. The fourth-order valence-corrected chi connectivity index (χ4v) is 3.19. The van der Waals surface area contributed by atoms with E-state index in [-0.39, 0.29) is 11.8 Å². The summed E-state index contributed by atoms with van der Waals surface area (Å²) in [7, 11) is 0. The normalized spacial score (nSPS) is 17.7. The zero-order valence-corrected chi connectivity index (χ0v) is 15.1. The predicted octanol–water partition coefficient (Wildman–Crippen LogP) is 4.11. The Morgan fingerprint density at radius 1 is 1.07 bits per heavy atom. The average Bonchev–Trinajstić information content (AvgIpc) is 3.24. The number of hydrogen-bond donors (Lipinski definition) is 0. The first-order valence-corrected chi connectivity index (χ1v) is 8.73. The maximum Gasteiger partial charge on any atom is 0.453 e. The highest BCUT2D eigenvalue weighted by Crippen LogP contribution is 2.30. The molecule has 0 radical (unpaired) electrons. The van der Waals surface area contributed by atoms with Crippen LogP contribution in [-0.2, 0) is 6.18 Å². The van der Waals surface area contributed by atoms with E-state index in [2.05, 4.69) is 15.3 Å². The maximum absolute atomic E-state index is 13.0. The molecule has 0 bridgehead atoms. The first-order chi connectivity index (χ1) is 12.8. The number of benzene rings is 1. The summed E-state index contributed by atoms with van der Waals surface area (Å²) in [5.74, 6) is -0.173. The first kappa shape index (κ1) is 18.1. The van der Waals surface area contributed by atoms with Crippen molar-refractivity contribution in [3.63, 3.8) is 0 Å². The lowest BCUT2D eigenvalue weighted by molar-refractivity contribution is -0.146. The van der Waals surface area contributed by atoms with E-state index in [1.165, 1.54) is 6.07 Å². The van der Waals surface area contributed by atoms with Crippen LogP contribution >= 0.6 is 23.2 Å². The Labute approximate surface area is 161 Å². The van der Waals surface area contributed by atoms with Gasteiger partial charge in [-0.1, -0.05) is 23.2 Å². The monoisotopic (exact) mass is 417 g/mol. The van der Waals surface area contributed by atoms with E-state index >= 15 is 0 Å². The molecule has 0 amide bonds. The van der Waals surface area contributed by atoms with Crippen LogP contribution in [0.2, 0.25) is 10.0 Å². The Bertz CT molecular complexity index is 994. The third-order valence-corrected chi connectivity index (χ3v) is 4.90. The summed E-state index contributed by atoms with van der Waals surface area (Å²) >= 11 is 11.9. The third kappa shape index (κ3) is 3.61. The van der Waals surface area contributed by atoms with Gasteiger partial charge in [0.1, 0.15) is 17.7 Å². The fourth-order valence-electron chi connectivity index (χ4n) is 2.90. The summed E-state index contributed by atoms with van der Waals surface area (Å²) in [5.41, 5.74) is 0.0360. The number of halogens is 5. The summed E-state index contributed by atoms with van der Waals surface area (Å²) in [6.45, 7) is 1.07. The van der Waals surface area contributed by atoms with Crippen molar-refractivity contribution in [2.45, 2.75) is 18.7 Å². The third-order valence-electron chi connectivity index (χ3n) is 4.17. The smallest absolute Gasteiger partial charge is 0.453 e. The van der Waals surface area contributed by atoms with Gasteiger partial charge in [-0.3, -0.25) is 0 Å². The molecular weight excluding hydrogens is 406 g/mol. The number of nitrogens with zero attached hydrogens (tertiary/aromatic N) is 5. The van der Waals surface area contributed by atoms with Crippen LogP contribution in [-0.4, -0.2) is 39.0 Å². The topological polar surface area (TPSA) is 55.5 Å². The van der Waals surface area contributed by atoms with Gasteiger partial charge in [-0.15, -0.1) is 15.3 Å². The van der Waals surface area contributed by atoms with Crippen molar-refractivity contribution in [3.8, 4) is 5.75 Å². The summed E-state index contributed by atoms with van der Waals surface area (Å²) in [4.78, 5) is 1.85. The molecule has 0 aliphatic carbocycles. The number of fused-ring (bicyclic) bond motifs is 1. The Balaban J connectivity index is 1.52. The number of ether oxygens (including phenoxy) is 1. The molecule has 2 aromatic heterocycles. The highest BCUT2D eigenvalue weighted by atomic mass is 35.5. The largest absolute Gasteiger partial charge is 0.488 e. The maximum atomic E-state index is 13.0. The minimum atomic E-state index is -4.63. The quantitative estimate of drug-likeness (QED) is 0.641. The van der Waals surface area contributed by atoms with Crippen LogP contribution in [0.4, 0.5) is 19.0 Å². The molecule has 1 atom stereocenters. The van der Waals surface area contributed by atoms with Gasteiger partial charge in [0.2, 0.25) is 0 Å². The van der Waals surface area contributed by atoms with Crippen molar-refractivity contribution in [3.05, 3.63) is 46.2 Å². The van der Waals surface area contributed by atoms with Crippen molar-refractivity contribution in [1.82, 2.24) is 19.8 Å². The van der Waals surface area contributed by atoms with E-state index in [1.54, 1.807) is 24.3 Å². The fraction of sp³-hybridized carbons (Fsp3) is 0.312. The van der Waals surface area contributed by atoms with Gasteiger partial charge in [0.05, 0.1) is 16.6 Å². The SMILES string of the molecule is FC(F)(F)c1nnc2ccc(N3CCC(Oc4ccc(Cl)c(Cl)c4)C3)nn12. The van der Waals surface area contributed by atoms with Crippen LogP contribution in [0.15, 0.2) is 30.3 Å². The average molecular weight is 418 g/mol. The molecule has 1 aliphatic heterocycles. The number of rotatable bonds is 3. The van der Waals surface area contributed by atoms with E-state index in [0.29, 0.717) is 45.6 Å². The van der Waals surface area contributed by atoms with Crippen LogP contribution in [0.1, 0.15) is 12.2 Å². The van der Waals surface area contributed by atoms with E-state index in [1.807, 2.05) is 4.90 Å². The van der Waals surface area contributed by atoms with Gasteiger partial charge in [-0.2, -0.15) is 17.7 Å². The molecule has 27 heavy (non-hydrogen) atoms. The van der Waals surface area contributed by atoms with Gasteiger partial charge in [-0.05, 0) is 24.3 Å². The molecule has 1 unspecified atom stereocenters. The van der Waals surface area contributed by atoms with Gasteiger partial charge in [0, 0.05) is 19.0 Å². The zero-order valence-electron chi connectivity index (χ0n) is 13.6. The van der Waals surface area contributed by atoms with Crippen molar-refractivity contribution in [2.24, 2.45) is 0 Å². The molecule has 11 heteroatoms. The van der Waals surface area contributed by atoms with Crippen LogP contribution < -0.4 is 9.64 Å². The minimum Gasteiger partial charge on any atom is -0.488 e. The number of aromatic nitrogens is 4. The summed E-state index contributed by atoms with van der Waals surface area (Å²) in [6.07, 6.45) is -4.09. The van der Waals surface area contributed by atoms with Gasteiger partial charge in [0.25, 0.3) is 5.82 Å². The van der Waals surface area contributed by atoms with E-state index in [4.69, 9.17) is 27.9 Å². The summed E-state index contributed by atoms with van der Waals surface area (Å²) in [5, 5.41) is 11.6. The van der Waals surface area contributed by atoms with E-state index in [9.17, 15) is 13.2 Å². The van der Waals surface area contributed by atoms with Gasteiger partial charge >= 0.3 is 6.18 Å². The number of hydrogen-bond acceptors (Lipinski definition) is 5. The molecular formula is C16H12Cl2F3N5O. The van der Waals surface area contributed by atoms with Crippen LogP contribution in [0.5, 0.6) is 5.75 Å². The minimum absolute atomic E-state index is 0.0360. The van der Waals surface area contributed by atoms with Crippen molar-refractivity contribution >= 4 is 34.7 Å². The summed E-state index contributed by atoms with van der Waals surface area (Å²) < 4.78 is 45.6. The molecule has 3 aromatic rings. The molecule has 0 saturated carbocycles. The second-order valence-corrected chi connectivity index (χ2v) is 6.85. The number of anilines is 1. The molecule has 0 spiro atoms. The zero-order chi connectivity index (χ0) is 19.2. The molecule has 1 aromatic carbocycles. The van der Waals surface area contributed by atoms with Crippen LogP contribution in [0.3, 0.4) is 0 Å². The van der Waals surface area contributed by atoms with Crippen molar-refractivity contribution in [2.75, 3.05) is 18.0 Å². The highest BCUT2D eigenvalue weighted by molar-refractivity contribution is 6.42. The lowest BCUT2D eigenvalue weighted by Crippen LogP contribution is -2.26. The molecule has 142 valence electrons. The van der Waals surface area contributed by atoms with E-state index in [0.717, 1.165) is 0 Å². The Morgan fingerprint density at radius 2 is 1.89 bits per heavy atom. The molecule has 6 nitrogen and oxygen atoms in total. The Morgan fingerprint density at radius 3 is 2.63 bits per heavy atom. The predicted molar refractivity (Wildman–Crippen MR) is 93.5 cm³/mol. The van der Waals surface area contributed by atoms with Crippen LogP contribution in [0.25, 0.3) is 5.65 Å². The molecule has 1 fully saturated rings. The summed E-state index contributed by atoms with van der Waals surface area (Å²) in [6, 6.07) is 8.06. The van der Waals surface area contributed by atoms with Gasteiger partial charge in [-0.25, -0.2) is 0 Å². The lowest BCUT2D eigenvalue weighted by Gasteiger charge is -2.18. The standard InChI is InChI=1S/C16H12Cl2F3N5O/c17-11-2-1-9(7-12(11)18)27-10-5-6-25(8-10)14-4-3-13-22-23-15(16(19,20)21)26(13)24-14/h1-4,7,10H,5-6,8H2. The van der Waals surface area contributed by atoms with Crippen LogP contribution in [0, 0.1) is 0 Å². The van der Waals surface area contributed by atoms with Gasteiger partial charge < -0.3 is 9.64 Å². The molecule has 0 N–H and O–H groups in total. The molecule has 3 heterocycles. The highest BCUT2D eigenvalue weighted by Gasteiger charge is 2.38. The Hall–Kier alpha value is -2.26. The second kappa shape index (κ2) is 6.72. The first-order valence-electron chi connectivity index (χ1n) is 7.97. The molecule has 4 rings (SSSR count).